The topological polar surface area (TPSA) is 49.4 Å². The van der Waals surface area contributed by atoms with E-state index in [0.29, 0.717) is 24.0 Å². The van der Waals surface area contributed by atoms with Gasteiger partial charge in [0.05, 0.1) is 5.56 Å². The van der Waals surface area contributed by atoms with Crippen LogP contribution in [0.1, 0.15) is 23.7 Å². The Morgan fingerprint density at radius 3 is 2.95 bits per heavy atom. The highest BCUT2D eigenvalue weighted by atomic mass is 79.9. The molecule has 0 radical (unpaired) electrons. The van der Waals surface area contributed by atoms with E-state index in [9.17, 15) is 14.0 Å². The molecule has 0 saturated carbocycles. The number of halogens is 2. The number of carbonyl (C=O) groups is 2. The van der Waals surface area contributed by atoms with Gasteiger partial charge in [-0.3, -0.25) is 9.59 Å². The first-order chi connectivity index (χ1) is 9.06. The summed E-state index contributed by atoms with van der Waals surface area (Å²) in [4.78, 5) is 25.6. The van der Waals surface area contributed by atoms with Crippen LogP contribution >= 0.6 is 15.9 Å². The zero-order chi connectivity index (χ0) is 14.0. The first-order valence-corrected chi connectivity index (χ1v) is 6.88. The van der Waals surface area contributed by atoms with Crippen LogP contribution in [0.2, 0.25) is 0 Å². The van der Waals surface area contributed by atoms with E-state index in [2.05, 4.69) is 21.2 Å². The number of piperazine rings is 1. The lowest BCUT2D eigenvalue weighted by atomic mass is 10.1. The van der Waals surface area contributed by atoms with Crippen LogP contribution in [0.25, 0.3) is 0 Å². The summed E-state index contributed by atoms with van der Waals surface area (Å²) in [6, 6.07) is 3.84. The van der Waals surface area contributed by atoms with Crippen LogP contribution in [0.5, 0.6) is 0 Å². The summed E-state index contributed by atoms with van der Waals surface area (Å²) >= 11 is 3.18. The van der Waals surface area contributed by atoms with Gasteiger partial charge in [0, 0.05) is 17.6 Å². The van der Waals surface area contributed by atoms with Crippen LogP contribution in [-0.4, -0.2) is 35.8 Å². The number of hydrogen-bond acceptors (Lipinski definition) is 2. The van der Waals surface area contributed by atoms with Crippen molar-refractivity contribution in [2.24, 2.45) is 0 Å². The molecule has 19 heavy (non-hydrogen) atoms. The molecule has 2 amide bonds. The Morgan fingerprint density at radius 2 is 2.32 bits per heavy atom. The minimum absolute atomic E-state index is 0.0179. The van der Waals surface area contributed by atoms with E-state index in [1.807, 2.05) is 6.92 Å². The Labute approximate surface area is 119 Å². The van der Waals surface area contributed by atoms with Crippen molar-refractivity contribution in [1.29, 1.82) is 0 Å². The van der Waals surface area contributed by atoms with Crippen molar-refractivity contribution in [1.82, 2.24) is 10.2 Å². The Balaban J connectivity index is 2.35. The average Bonchev–Trinajstić information content (AvgIpc) is 2.38. The molecular formula is C13H14BrFN2O2. The molecule has 1 fully saturated rings. The van der Waals surface area contributed by atoms with Crippen molar-refractivity contribution in [2.45, 2.75) is 19.4 Å². The van der Waals surface area contributed by atoms with Crippen LogP contribution < -0.4 is 5.32 Å². The molecular weight excluding hydrogens is 315 g/mol. The Hall–Kier alpha value is -1.43. The third-order valence-corrected chi connectivity index (χ3v) is 3.82. The van der Waals surface area contributed by atoms with Crippen LogP contribution in [0.15, 0.2) is 22.7 Å². The molecule has 102 valence electrons. The van der Waals surface area contributed by atoms with Gasteiger partial charge in [-0.25, -0.2) is 4.39 Å². The monoisotopic (exact) mass is 328 g/mol. The molecule has 1 heterocycles. The lowest BCUT2D eigenvalue weighted by Gasteiger charge is -2.34. The summed E-state index contributed by atoms with van der Waals surface area (Å²) in [5, 5.41) is 2.71. The average molecular weight is 329 g/mol. The molecule has 0 aromatic heterocycles. The minimum Gasteiger partial charge on any atom is -0.353 e. The van der Waals surface area contributed by atoms with Gasteiger partial charge in [-0.2, -0.15) is 0 Å². The van der Waals surface area contributed by atoms with Crippen molar-refractivity contribution in [3.63, 3.8) is 0 Å². The number of amides is 2. The maximum Gasteiger partial charge on any atom is 0.258 e. The van der Waals surface area contributed by atoms with Gasteiger partial charge in [-0.1, -0.05) is 13.0 Å². The third kappa shape index (κ3) is 2.63. The Morgan fingerprint density at radius 1 is 1.58 bits per heavy atom. The molecule has 4 nitrogen and oxygen atoms in total. The van der Waals surface area contributed by atoms with E-state index in [4.69, 9.17) is 0 Å². The van der Waals surface area contributed by atoms with Gasteiger partial charge in [0.25, 0.3) is 5.91 Å². The van der Waals surface area contributed by atoms with Crippen LogP contribution in [-0.2, 0) is 4.79 Å². The van der Waals surface area contributed by atoms with Gasteiger partial charge in [-0.15, -0.1) is 0 Å². The van der Waals surface area contributed by atoms with Gasteiger partial charge < -0.3 is 10.2 Å². The summed E-state index contributed by atoms with van der Waals surface area (Å²) in [7, 11) is 0. The fourth-order valence-corrected chi connectivity index (χ4v) is 2.72. The number of hydrogen-bond donors (Lipinski definition) is 1. The lowest BCUT2D eigenvalue weighted by molar-refractivity contribution is -0.127. The smallest absolute Gasteiger partial charge is 0.258 e. The van der Waals surface area contributed by atoms with Crippen molar-refractivity contribution in [3.05, 3.63) is 34.1 Å². The van der Waals surface area contributed by atoms with E-state index in [1.165, 1.54) is 17.0 Å². The normalized spacial score (nSPS) is 19.2. The second-order valence-electron chi connectivity index (χ2n) is 4.31. The molecule has 1 aliphatic rings. The highest BCUT2D eigenvalue weighted by Gasteiger charge is 2.33. The first kappa shape index (κ1) is 14.0. The van der Waals surface area contributed by atoms with Crippen molar-refractivity contribution in [3.8, 4) is 0 Å². The number of benzene rings is 1. The molecule has 1 N–H and O–H groups in total. The van der Waals surface area contributed by atoms with Gasteiger partial charge in [0.1, 0.15) is 11.9 Å². The molecule has 1 aliphatic heterocycles. The molecule has 2 rings (SSSR count). The van der Waals surface area contributed by atoms with E-state index in [1.54, 1.807) is 6.07 Å². The van der Waals surface area contributed by atoms with Crippen LogP contribution in [0.4, 0.5) is 4.39 Å². The van der Waals surface area contributed by atoms with E-state index >= 15 is 0 Å². The van der Waals surface area contributed by atoms with Crippen LogP contribution in [0.3, 0.4) is 0 Å². The molecule has 1 aromatic rings. The zero-order valence-electron chi connectivity index (χ0n) is 10.5. The lowest BCUT2D eigenvalue weighted by Crippen LogP contribution is -2.57. The summed E-state index contributed by atoms with van der Waals surface area (Å²) in [5.74, 6) is -1.22. The number of carbonyl (C=O) groups excluding carboxylic acids is 2. The first-order valence-electron chi connectivity index (χ1n) is 6.09. The maximum atomic E-state index is 13.8. The van der Waals surface area contributed by atoms with E-state index < -0.39 is 17.8 Å². The van der Waals surface area contributed by atoms with Gasteiger partial charge >= 0.3 is 0 Å². The van der Waals surface area contributed by atoms with Crippen LogP contribution in [0, 0.1) is 5.82 Å². The second kappa shape index (κ2) is 5.69. The molecule has 1 saturated heterocycles. The fourth-order valence-electron chi connectivity index (χ4n) is 2.21. The fraction of sp³-hybridized carbons (Fsp3) is 0.385. The second-order valence-corrected chi connectivity index (χ2v) is 5.16. The summed E-state index contributed by atoms with van der Waals surface area (Å²) in [6.45, 7) is 2.61. The molecule has 1 atom stereocenters. The largest absolute Gasteiger partial charge is 0.353 e. The van der Waals surface area contributed by atoms with Crippen molar-refractivity contribution < 1.29 is 14.0 Å². The highest BCUT2D eigenvalue weighted by Crippen LogP contribution is 2.23. The Kier molecular flexibility index (Phi) is 4.19. The highest BCUT2D eigenvalue weighted by molar-refractivity contribution is 9.10. The standard InChI is InChI=1S/C13H14BrFN2O2/c1-2-10-12(18)16-6-7-17(10)13(19)11-8(14)4-3-5-9(11)15/h3-5,10H,2,6-7H2,1H3,(H,16,18). The molecule has 0 aliphatic carbocycles. The van der Waals surface area contributed by atoms with E-state index in [-0.39, 0.29) is 11.5 Å². The minimum atomic E-state index is -0.583. The molecule has 1 aromatic carbocycles. The zero-order valence-corrected chi connectivity index (χ0v) is 12.0. The summed E-state index contributed by atoms with van der Waals surface area (Å²) < 4.78 is 14.2. The van der Waals surface area contributed by atoms with Crippen molar-refractivity contribution >= 4 is 27.7 Å². The predicted molar refractivity (Wildman–Crippen MR) is 72.2 cm³/mol. The maximum absolute atomic E-state index is 13.8. The molecule has 1 unspecified atom stereocenters. The third-order valence-electron chi connectivity index (χ3n) is 3.15. The quantitative estimate of drug-likeness (QED) is 0.901. The Bertz CT molecular complexity index is 501. The SMILES string of the molecule is CCC1C(=O)NCCN1C(=O)c1c(F)cccc1Br. The predicted octanol–water partition coefficient (Wildman–Crippen LogP) is 1.94. The van der Waals surface area contributed by atoms with Gasteiger partial charge in [0.2, 0.25) is 5.91 Å². The molecule has 0 spiro atoms. The van der Waals surface area contributed by atoms with E-state index in [0.717, 1.165) is 0 Å². The number of nitrogens with one attached hydrogen (secondary N) is 1. The van der Waals surface area contributed by atoms with Gasteiger partial charge in [-0.05, 0) is 34.5 Å². The summed E-state index contributed by atoms with van der Waals surface area (Å²) in [6.07, 6.45) is 0.504. The number of rotatable bonds is 2. The molecule has 6 heteroatoms. The van der Waals surface area contributed by atoms with Crippen molar-refractivity contribution in [2.75, 3.05) is 13.1 Å². The number of nitrogens with zero attached hydrogens (tertiary/aromatic N) is 1. The summed E-state index contributed by atoms with van der Waals surface area (Å²) in [5.41, 5.74) is -0.0179. The molecule has 0 bridgehead atoms. The van der Waals surface area contributed by atoms with Gasteiger partial charge in [0.15, 0.2) is 0 Å².